The highest BCUT2D eigenvalue weighted by Gasteiger charge is 2.16. The molecule has 1 heterocycles. The third kappa shape index (κ3) is 4.77. The molecule has 3 rings (SSSR count). The van der Waals surface area contributed by atoms with Crippen molar-refractivity contribution in [3.8, 4) is 0 Å². The number of anilines is 2. The molecule has 0 fully saturated rings. The zero-order chi connectivity index (χ0) is 19.4. The summed E-state index contributed by atoms with van der Waals surface area (Å²) in [4.78, 5) is 16.2. The number of hydrogen-bond donors (Lipinski definition) is 2. The minimum Gasteiger partial charge on any atom is -0.321 e. The number of rotatable bonds is 5. The first kappa shape index (κ1) is 19.2. The van der Waals surface area contributed by atoms with Crippen molar-refractivity contribution in [1.29, 1.82) is 0 Å². The molecular formula is C18H13Cl2N3O3S. The Morgan fingerprint density at radius 3 is 2.22 bits per heavy atom. The Morgan fingerprint density at radius 1 is 0.926 bits per heavy atom. The molecule has 27 heavy (non-hydrogen) atoms. The second kappa shape index (κ2) is 7.96. The van der Waals surface area contributed by atoms with E-state index in [2.05, 4.69) is 15.0 Å². The molecule has 2 aromatic carbocycles. The summed E-state index contributed by atoms with van der Waals surface area (Å²) >= 11 is 11.7. The van der Waals surface area contributed by atoms with Gasteiger partial charge < -0.3 is 5.32 Å². The summed E-state index contributed by atoms with van der Waals surface area (Å²) in [6.07, 6.45) is 1.31. The molecule has 0 saturated carbocycles. The number of nitrogens with one attached hydrogen (secondary N) is 2. The van der Waals surface area contributed by atoms with E-state index in [9.17, 15) is 13.2 Å². The van der Waals surface area contributed by atoms with Gasteiger partial charge in [0.2, 0.25) is 0 Å². The van der Waals surface area contributed by atoms with Crippen LogP contribution in [0.3, 0.4) is 0 Å². The molecule has 6 nitrogen and oxygen atoms in total. The molecule has 0 radical (unpaired) electrons. The lowest BCUT2D eigenvalue weighted by atomic mass is 10.3. The summed E-state index contributed by atoms with van der Waals surface area (Å²) in [5.74, 6) is -0.533. The fraction of sp³-hybridized carbons (Fsp3) is 0. The highest BCUT2D eigenvalue weighted by Crippen LogP contribution is 2.21. The first-order valence-electron chi connectivity index (χ1n) is 7.65. The average Bonchev–Trinajstić information content (AvgIpc) is 2.62. The third-order valence-corrected chi connectivity index (χ3v) is 5.36. The van der Waals surface area contributed by atoms with Gasteiger partial charge in [-0.2, -0.15) is 0 Å². The van der Waals surface area contributed by atoms with Gasteiger partial charge in [0.1, 0.15) is 5.69 Å². The van der Waals surface area contributed by atoms with Crippen LogP contribution in [0.1, 0.15) is 10.5 Å². The number of aromatic nitrogens is 1. The van der Waals surface area contributed by atoms with Gasteiger partial charge in [-0.1, -0.05) is 41.4 Å². The van der Waals surface area contributed by atoms with Gasteiger partial charge in [-0.25, -0.2) is 13.4 Å². The van der Waals surface area contributed by atoms with E-state index in [1.165, 1.54) is 36.5 Å². The van der Waals surface area contributed by atoms with Crippen molar-refractivity contribution in [1.82, 2.24) is 4.98 Å². The number of halogens is 2. The number of amides is 1. The van der Waals surface area contributed by atoms with Crippen LogP contribution in [0.2, 0.25) is 10.0 Å². The molecule has 9 heteroatoms. The van der Waals surface area contributed by atoms with E-state index in [1.807, 2.05) is 0 Å². The molecule has 1 aromatic heterocycles. The van der Waals surface area contributed by atoms with Crippen molar-refractivity contribution in [2.24, 2.45) is 0 Å². The normalized spacial score (nSPS) is 11.0. The number of nitrogens with zero attached hydrogens (tertiary/aromatic N) is 1. The van der Waals surface area contributed by atoms with Gasteiger partial charge in [0.05, 0.1) is 14.9 Å². The van der Waals surface area contributed by atoms with Crippen molar-refractivity contribution in [3.63, 3.8) is 0 Å². The minimum atomic E-state index is -3.73. The summed E-state index contributed by atoms with van der Waals surface area (Å²) in [5, 5.41) is 3.04. The van der Waals surface area contributed by atoms with Crippen LogP contribution in [0, 0.1) is 0 Å². The standard InChI is InChI=1S/C18H13Cl2N3O3S/c19-12-10-16(20)17(21-11-12)18(24)22-13-6-8-15(9-7-13)27(25,26)23-14-4-2-1-3-5-14/h1-11,23H,(H,22,24). The Bertz CT molecular complexity index is 1070. The Balaban J connectivity index is 1.74. The number of sulfonamides is 1. The van der Waals surface area contributed by atoms with Gasteiger partial charge in [0.25, 0.3) is 15.9 Å². The van der Waals surface area contributed by atoms with E-state index in [0.29, 0.717) is 16.4 Å². The fourth-order valence-electron chi connectivity index (χ4n) is 2.21. The first-order chi connectivity index (χ1) is 12.8. The molecule has 138 valence electrons. The third-order valence-electron chi connectivity index (χ3n) is 3.47. The SMILES string of the molecule is O=C(Nc1ccc(S(=O)(=O)Nc2ccccc2)cc1)c1ncc(Cl)cc1Cl. The number of benzene rings is 2. The number of pyridine rings is 1. The molecule has 0 atom stereocenters. The van der Waals surface area contributed by atoms with Crippen LogP contribution in [-0.4, -0.2) is 19.3 Å². The van der Waals surface area contributed by atoms with Crippen molar-refractivity contribution < 1.29 is 13.2 Å². The second-order valence-electron chi connectivity index (χ2n) is 5.43. The van der Waals surface area contributed by atoms with E-state index in [4.69, 9.17) is 23.2 Å². The molecule has 0 spiro atoms. The van der Waals surface area contributed by atoms with Crippen LogP contribution < -0.4 is 10.0 Å². The Hall–Kier alpha value is -2.61. The highest BCUT2D eigenvalue weighted by atomic mass is 35.5. The van der Waals surface area contributed by atoms with Gasteiger partial charge in [0.15, 0.2) is 0 Å². The number of para-hydroxylation sites is 1. The van der Waals surface area contributed by atoms with E-state index >= 15 is 0 Å². The molecule has 1 amide bonds. The van der Waals surface area contributed by atoms with Crippen molar-refractivity contribution >= 4 is 50.5 Å². The fourth-order valence-corrected chi connectivity index (χ4v) is 3.73. The van der Waals surface area contributed by atoms with Crippen molar-refractivity contribution in [2.45, 2.75) is 4.90 Å². The average molecular weight is 422 g/mol. The lowest BCUT2D eigenvalue weighted by molar-refractivity contribution is 0.102. The van der Waals surface area contributed by atoms with Gasteiger partial charge >= 0.3 is 0 Å². The van der Waals surface area contributed by atoms with Gasteiger partial charge in [0, 0.05) is 17.6 Å². The van der Waals surface area contributed by atoms with Gasteiger partial charge in [-0.15, -0.1) is 0 Å². The van der Waals surface area contributed by atoms with E-state index in [0.717, 1.165) is 0 Å². The highest BCUT2D eigenvalue weighted by molar-refractivity contribution is 7.92. The largest absolute Gasteiger partial charge is 0.321 e. The zero-order valence-electron chi connectivity index (χ0n) is 13.7. The van der Waals surface area contributed by atoms with Crippen molar-refractivity contribution in [3.05, 3.63) is 82.6 Å². The van der Waals surface area contributed by atoms with E-state index in [1.54, 1.807) is 30.3 Å². The topological polar surface area (TPSA) is 88.2 Å². The maximum absolute atomic E-state index is 12.4. The molecule has 0 aliphatic carbocycles. The van der Waals surface area contributed by atoms with Crippen LogP contribution in [0.4, 0.5) is 11.4 Å². The number of hydrogen-bond acceptors (Lipinski definition) is 4. The maximum Gasteiger partial charge on any atom is 0.275 e. The molecule has 0 unspecified atom stereocenters. The second-order valence-corrected chi connectivity index (χ2v) is 7.96. The van der Waals surface area contributed by atoms with Crippen LogP contribution in [0.25, 0.3) is 0 Å². The quantitative estimate of drug-likeness (QED) is 0.636. The molecule has 2 N–H and O–H groups in total. The summed E-state index contributed by atoms with van der Waals surface area (Å²) in [6, 6.07) is 15.7. The number of carbonyl (C=O) groups excluding carboxylic acids is 1. The summed E-state index contributed by atoms with van der Waals surface area (Å²) in [5.41, 5.74) is 0.869. The van der Waals surface area contributed by atoms with Crippen LogP contribution in [0.15, 0.2) is 71.8 Å². The summed E-state index contributed by atoms with van der Waals surface area (Å²) in [7, 11) is -3.73. The smallest absolute Gasteiger partial charge is 0.275 e. The van der Waals surface area contributed by atoms with Gasteiger partial charge in [-0.05, 0) is 42.5 Å². The van der Waals surface area contributed by atoms with Crippen LogP contribution in [-0.2, 0) is 10.0 Å². The Morgan fingerprint density at radius 2 is 1.59 bits per heavy atom. The molecular weight excluding hydrogens is 409 g/mol. The zero-order valence-corrected chi connectivity index (χ0v) is 16.0. The molecule has 0 saturated heterocycles. The van der Waals surface area contributed by atoms with E-state index in [-0.39, 0.29) is 15.6 Å². The number of carbonyl (C=O) groups is 1. The van der Waals surface area contributed by atoms with Crippen molar-refractivity contribution in [2.75, 3.05) is 10.0 Å². The lowest BCUT2D eigenvalue weighted by Gasteiger charge is -2.10. The summed E-state index contributed by atoms with van der Waals surface area (Å²) in [6.45, 7) is 0. The summed E-state index contributed by atoms with van der Waals surface area (Å²) < 4.78 is 27.3. The minimum absolute atomic E-state index is 0.0171. The van der Waals surface area contributed by atoms with Crippen LogP contribution >= 0.6 is 23.2 Å². The Labute approximate surface area is 166 Å². The predicted molar refractivity (Wildman–Crippen MR) is 106 cm³/mol. The molecule has 0 bridgehead atoms. The predicted octanol–water partition coefficient (Wildman–Crippen LogP) is 4.44. The monoisotopic (exact) mass is 421 g/mol. The molecule has 3 aromatic rings. The van der Waals surface area contributed by atoms with E-state index < -0.39 is 15.9 Å². The molecule has 0 aliphatic heterocycles. The van der Waals surface area contributed by atoms with Crippen LogP contribution in [0.5, 0.6) is 0 Å². The Kier molecular flexibility index (Phi) is 5.65. The first-order valence-corrected chi connectivity index (χ1v) is 9.89. The van der Waals surface area contributed by atoms with Gasteiger partial charge in [-0.3, -0.25) is 9.52 Å². The lowest BCUT2D eigenvalue weighted by Crippen LogP contribution is -2.15. The molecule has 0 aliphatic rings. The maximum atomic E-state index is 12.4.